The Morgan fingerprint density at radius 2 is 2.00 bits per heavy atom. The Bertz CT molecular complexity index is 666. The van der Waals surface area contributed by atoms with Crippen LogP contribution in [-0.2, 0) is 22.7 Å². The highest BCUT2D eigenvalue weighted by Crippen LogP contribution is 2.17. The van der Waals surface area contributed by atoms with Gasteiger partial charge in [-0.05, 0) is 12.1 Å². The van der Waals surface area contributed by atoms with E-state index < -0.39 is 0 Å². The summed E-state index contributed by atoms with van der Waals surface area (Å²) in [5.41, 5.74) is 1.79. The number of hydrogen-bond acceptors (Lipinski definition) is 3. The molecule has 0 saturated carbocycles. The summed E-state index contributed by atoms with van der Waals surface area (Å²) >= 11 is 0. The van der Waals surface area contributed by atoms with Gasteiger partial charge in [0.1, 0.15) is 19.0 Å². The molecule has 2 rings (SSSR count). The molecule has 5 nitrogen and oxygen atoms in total. The number of aromatic nitrogens is 2. The van der Waals surface area contributed by atoms with E-state index in [4.69, 9.17) is 4.74 Å². The van der Waals surface area contributed by atoms with Crippen molar-refractivity contribution in [1.29, 1.82) is 0 Å². The number of nitrogens with zero attached hydrogens (tertiary/aromatic N) is 3. The molecule has 1 aromatic heterocycles. The van der Waals surface area contributed by atoms with E-state index in [0.717, 1.165) is 16.9 Å². The molecule has 1 aromatic carbocycles. The fraction of sp³-hybridized carbons (Fsp3) is 0.294. The van der Waals surface area contributed by atoms with Crippen LogP contribution in [0.15, 0.2) is 49.6 Å². The molecule has 1 heterocycles. The van der Waals surface area contributed by atoms with Crippen LogP contribution in [0.3, 0.4) is 0 Å². The first kappa shape index (κ1) is 16.0. The highest BCUT2D eigenvalue weighted by molar-refractivity contribution is 5.81. The molecule has 116 valence electrons. The number of para-hydroxylation sites is 2. The van der Waals surface area contributed by atoms with Crippen LogP contribution in [-0.4, -0.2) is 40.6 Å². The normalized spacial score (nSPS) is 10.6. The number of carbonyl (C=O) groups is 1. The van der Waals surface area contributed by atoms with E-state index in [2.05, 4.69) is 18.1 Å². The van der Waals surface area contributed by atoms with Gasteiger partial charge in [-0.3, -0.25) is 4.79 Å². The molecule has 0 bridgehead atoms. The zero-order valence-corrected chi connectivity index (χ0v) is 12.9. The van der Waals surface area contributed by atoms with Gasteiger partial charge in [-0.15, -0.1) is 13.2 Å². The first-order chi connectivity index (χ1) is 10.7. The summed E-state index contributed by atoms with van der Waals surface area (Å²) in [5.74, 6) is 0.745. The van der Waals surface area contributed by atoms with Gasteiger partial charge >= 0.3 is 0 Å². The van der Waals surface area contributed by atoms with Crippen molar-refractivity contribution in [2.45, 2.75) is 13.2 Å². The number of imidazole rings is 1. The number of amides is 1. The molecule has 5 heteroatoms. The molecular formula is C17H21N3O2. The maximum Gasteiger partial charge on any atom is 0.243 e. The van der Waals surface area contributed by atoms with Crippen LogP contribution in [0.4, 0.5) is 0 Å². The lowest BCUT2D eigenvalue weighted by atomic mass is 10.3. The Balaban J connectivity index is 2.32. The average Bonchev–Trinajstić information content (AvgIpc) is 2.85. The molecule has 1 amide bonds. The Morgan fingerprint density at radius 3 is 2.64 bits per heavy atom. The molecule has 0 radical (unpaired) electrons. The number of methoxy groups -OCH3 is 1. The van der Waals surface area contributed by atoms with E-state index in [0.29, 0.717) is 19.7 Å². The Labute approximate surface area is 130 Å². The molecule has 22 heavy (non-hydrogen) atoms. The minimum Gasteiger partial charge on any atom is -0.377 e. The van der Waals surface area contributed by atoms with Crippen molar-refractivity contribution in [1.82, 2.24) is 14.5 Å². The topological polar surface area (TPSA) is 47.4 Å². The average molecular weight is 299 g/mol. The highest BCUT2D eigenvalue weighted by Gasteiger charge is 2.16. The second kappa shape index (κ2) is 7.56. The lowest BCUT2D eigenvalue weighted by Crippen LogP contribution is -2.34. The third kappa shape index (κ3) is 3.43. The van der Waals surface area contributed by atoms with Crippen LogP contribution in [0.5, 0.6) is 0 Å². The van der Waals surface area contributed by atoms with E-state index in [-0.39, 0.29) is 12.5 Å². The lowest BCUT2D eigenvalue weighted by molar-refractivity contribution is -0.130. The Hall–Kier alpha value is -2.40. The zero-order valence-electron chi connectivity index (χ0n) is 12.9. The zero-order chi connectivity index (χ0) is 15.9. The second-order valence-corrected chi connectivity index (χ2v) is 4.91. The standard InChI is InChI=1S/C17H21N3O2/c1-4-10-19(11-5-2)17(21)12-20-15-9-7-6-8-14(15)18-16(20)13-22-3/h4-9H,1-2,10-13H2,3H3. The van der Waals surface area contributed by atoms with Crippen LogP contribution in [0, 0.1) is 0 Å². The van der Waals surface area contributed by atoms with Crippen LogP contribution < -0.4 is 0 Å². The summed E-state index contributed by atoms with van der Waals surface area (Å²) in [4.78, 5) is 18.8. The van der Waals surface area contributed by atoms with E-state index in [1.165, 1.54) is 0 Å². The fourth-order valence-corrected chi connectivity index (χ4v) is 2.37. The maximum atomic E-state index is 12.5. The lowest BCUT2D eigenvalue weighted by Gasteiger charge is -2.20. The van der Waals surface area contributed by atoms with Gasteiger partial charge in [0.25, 0.3) is 0 Å². The molecule has 0 aliphatic carbocycles. The fourth-order valence-electron chi connectivity index (χ4n) is 2.37. The van der Waals surface area contributed by atoms with E-state index in [1.807, 2.05) is 28.8 Å². The van der Waals surface area contributed by atoms with Gasteiger partial charge in [-0.2, -0.15) is 0 Å². The molecule has 0 fully saturated rings. The maximum absolute atomic E-state index is 12.5. The van der Waals surface area contributed by atoms with Gasteiger partial charge in [-0.25, -0.2) is 4.98 Å². The minimum atomic E-state index is 0.000283. The SMILES string of the molecule is C=CCN(CC=C)C(=O)Cn1c(COC)nc2ccccc21. The number of rotatable bonds is 8. The summed E-state index contributed by atoms with van der Waals surface area (Å²) in [5, 5.41) is 0. The van der Waals surface area contributed by atoms with Gasteiger partial charge in [0.05, 0.1) is 11.0 Å². The molecule has 0 N–H and O–H groups in total. The predicted molar refractivity (Wildman–Crippen MR) is 87.4 cm³/mol. The highest BCUT2D eigenvalue weighted by atomic mass is 16.5. The second-order valence-electron chi connectivity index (χ2n) is 4.91. The van der Waals surface area contributed by atoms with Crippen LogP contribution in [0.2, 0.25) is 0 Å². The first-order valence-electron chi connectivity index (χ1n) is 7.14. The van der Waals surface area contributed by atoms with Crippen LogP contribution >= 0.6 is 0 Å². The predicted octanol–water partition coefficient (Wildman–Crippen LogP) is 2.38. The summed E-state index contributed by atoms with van der Waals surface area (Å²) in [6, 6.07) is 7.76. The van der Waals surface area contributed by atoms with Crippen molar-refractivity contribution < 1.29 is 9.53 Å². The van der Waals surface area contributed by atoms with Crippen molar-refractivity contribution in [2.24, 2.45) is 0 Å². The van der Waals surface area contributed by atoms with Crippen LogP contribution in [0.1, 0.15) is 5.82 Å². The third-order valence-electron chi connectivity index (χ3n) is 3.35. The molecular weight excluding hydrogens is 278 g/mol. The summed E-state index contributed by atoms with van der Waals surface area (Å²) in [7, 11) is 1.62. The molecule has 0 aliphatic heterocycles. The van der Waals surface area contributed by atoms with E-state index >= 15 is 0 Å². The Morgan fingerprint density at radius 1 is 1.32 bits per heavy atom. The van der Waals surface area contributed by atoms with Gasteiger partial charge in [0.2, 0.25) is 5.91 Å². The molecule has 0 aliphatic rings. The minimum absolute atomic E-state index is 0.000283. The van der Waals surface area contributed by atoms with Crippen molar-refractivity contribution in [3.8, 4) is 0 Å². The molecule has 0 atom stereocenters. The van der Waals surface area contributed by atoms with Crippen molar-refractivity contribution in [3.05, 3.63) is 55.4 Å². The van der Waals surface area contributed by atoms with Crippen molar-refractivity contribution in [2.75, 3.05) is 20.2 Å². The van der Waals surface area contributed by atoms with Crippen molar-refractivity contribution >= 4 is 16.9 Å². The van der Waals surface area contributed by atoms with E-state index in [1.54, 1.807) is 24.2 Å². The van der Waals surface area contributed by atoms with Gasteiger partial charge < -0.3 is 14.2 Å². The summed E-state index contributed by atoms with van der Waals surface area (Å²) in [6.45, 7) is 8.97. The quantitative estimate of drug-likeness (QED) is 0.703. The first-order valence-corrected chi connectivity index (χ1v) is 7.14. The third-order valence-corrected chi connectivity index (χ3v) is 3.35. The molecule has 0 spiro atoms. The monoisotopic (exact) mass is 299 g/mol. The van der Waals surface area contributed by atoms with E-state index in [9.17, 15) is 4.79 Å². The number of benzene rings is 1. The van der Waals surface area contributed by atoms with Gasteiger partial charge in [0.15, 0.2) is 0 Å². The largest absolute Gasteiger partial charge is 0.377 e. The number of ether oxygens (including phenoxy) is 1. The molecule has 0 saturated heterocycles. The molecule has 2 aromatic rings. The number of fused-ring (bicyclic) bond motifs is 1. The van der Waals surface area contributed by atoms with Gasteiger partial charge in [-0.1, -0.05) is 24.3 Å². The smallest absolute Gasteiger partial charge is 0.243 e. The summed E-state index contributed by atoms with van der Waals surface area (Å²) < 4.78 is 7.10. The van der Waals surface area contributed by atoms with Gasteiger partial charge in [0, 0.05) is 20.2 Å². The number of hydrogen-bond donors (Lipinski definition) is 0. The Kier molecular flexibility index (Phi) is 5.49. The number of carbonyl (C=O) groups excluding carboxylic acids is 1. The molecule has 0 unspecified atom stereocenters. The van der Waals surface area contributed by atoms with Crippen molar-refractivity contribution in [3.63, 3.8) is 0 Å². The van der Waals surface area contributed by atoms with Crippen LogP contribution in [0.25, 0.3) is 11.0 Å². The summed E-state index contributed by atoms with van der Waals surface area (Å²) in [6.07, 6.45) is 3.42.